The number of pyridine rings is 1. The monoisotopic (exact) mass is 364 g/mol. The number of esters is 3. The predicted octanol–water partition coefficient (Wildman–Crippen LogP) is 1.81. The van der Waals surface area contributed by atoms with Gasteiger partial charge in [0.1, 0.15) is 5.52 Å². The highest BCUT2D eigenvalue weighted by Crippen LogP contribution is 2.32. The summed E-state index contributed by atoms with van der Waals surface area (Å²) in [7, 11) is 1.51. The summed E-state index contributed by atoms with van der Waals surface area (Å²) in [5, 5.41) is 10.4. The van der Waals surface area contributed by atoms with Crippen molar-refractivity contribution in [2.75, 3.05) is 19.8 Å². The molecule has 0 saturated heterocycles. The minimum Gasteiger partial charge on any atom is -0.504 e. The first-order chi connectivity index (χ1) is 12.4. The van der Waals surface area contributed by atoms with Gasteiger partial charge in [0.2, 0.25) is 0 Å². The number of aromatic nitrogens is 2. The second-order valence-corrected chi connectivity index (χ2v) is 5.17. The van der Waals surface area contributed by atoms with E-state index in [0.29, 0.717) is 0 Å². The average Bonchev–Trinajstić information content (AvgIpc) is 2.85. The van der Waals surface area contributed by atoms with Crippen molar-refractivity contribution in [2.45, 2.75) is 20.8 Å². The summed E-state index contributed by atoms with van der Waals surface area (Å²) in [4.78, 5) is 40.6. The Morgan fingerprint density at radius 2 is 1.54 bits per heavy atom. The van der Waals surface area contributed by atoms with Crippen LogP contribution in [0, 0.1) is 0 Å². The van der Waals surface area contributed by atoms with Crippen molar-refractivity contribution in [1.82, 2.24) is 9.55 Å². The van der Waals surface area contributed by atoms with E-state index in [9.17, 15) is 19.5 Å². The number of hydrogen-bond donors (Lipinski definition) is 1. The summed E-state index contributed by atoms with van der Waals surface area (Å²) < 4.78 is 16.1. The van der Waals surface area contributed by atoms with Crippen molar-refractivity contribution in [3.63, 3.8) is 0 Å². The first-order valence-corrected chi connectivity index (χ1v) is 8.10. The molecule has 0 aromatic carbocycles. The van der Waals surface area contributed by atoms with E-state index in [0.717, 1.165) is 0 Å². The molecule has 0 bridgehead atoms. The van der Waals surface area contributed by atoms with Gasteiger partial charge < -0.3 is 23.9 Å². The molecule has 0 saturated carbocycles. The van der Waals surface area contributed by atoms with Gasteiger partial charge in [0.15, 0.2) is 17.1 Å². The summed E-state index contributed by atoms with van der Waals surface area (Å²) in [6.07, 6.45) is 0. The van der Waals surface area contributed by atoms with Crippen LogP contribution in [0.15, 0.2) is 6.07 Å². The molecule has 0 aliphatic heterocycles. The molecule has 0 spiro atoms. The van der Waals surface area contributed by atoms with Gasteiger partial charge in [-0.1, -0.05) is 0 Å². The second-order valence-electron chi connectivity index (χ2n) is 5.17. The Labute approximate surface area is 149 Å². The fourth-order valence-corrected chi connectivity index (χ4v) is 2.48. The van der Waals surface area contributed by atoms with Gasteiger partial charge in [-0.25, -0.2) is 19.4 Å². The number of carbonyl (C=O) groups excluding carboxylic acids is 3. The molecule has 0 amide bonds. The molecule has 2 aromatic heterocycles. The maximum atomic E-state index is 12.2. The number of fused-ring (bicyclic) bond motifs is 1. The van der Waals surface area contributed by atoms with Crippen LogP contribution < -0.4 is 0 Å². The number of nitrogens with zero attached hydrogens (tertiary/aromatic N) is 2. The van der Waals surface area contributed by atoms with E-state index in [4.69, 9.17) is 14.2 Å². The van der Waals surface area contributed by atoms with Crippen LogP contribution in [0.2, 0.25) is 0 Å². The number of aromatic hydroxyl groups is 1. The molecule has 2 aromatic rings. The van der Waals surface area contributed by atoms with Gasteiger partial charge in [-0.15, -0.1) is 0 Å². The third-order valence-electron chi connectivity index (χ3n) is 3.58. The van der Waals surface area contributed by atoms with Crippen molar-refractivity contribution in [3.05, 3.63) is 23.0 Å². The van der Waals surface area contributed by atoms with Crippen LogP contribution in [0.1, 0.15) is 52.1 Å². The van der Waals surface area contributed by atoms with Gasteiger partial charge in [0.25, 0.3) is 0 Å². The Morgan fingerprint density at radius 3 is 2.12 bits per heavy atom. The molecule has 0 fully saturated rings. The number of hydrogen-bond acceptors (Lipinski definition) is 8. The molecule has 0 radical (unpaired) electrons. The predicted molar refractivity (Wildman–Crippen MR) is 90.2 cm³/mol. The molecule has 140 valence electrons. The van der Waals surface area contributed by atoms with E-state index in [2.05, 4.69) is 4.98 Å². The number of ether oxygens (including phenoxy) is 3. The van der Waals surface area contributed by atoms with Crippen LogP contribution in [-0.2, 0) is 21.3 Å². The molecule has 0 unspecified atom stereocenters. The van der Waals surface area contributed by atoms with E-state index in [1.165, 1.54) is 17.7 Å². The second kappa shape index (κ2) is 7.85. The van der Waals surface area contributed by atoms with Gasteiger partial charge in [-0.05, 0) is 26.8 Å². The lowest BCUT2D eigenvalue weighted by Crippen LogP contribution is -2.16. The topological polar surface area (TPSA) is 117 Å². The quantitative estimate of drug-likeness (QED) is 0.609. The first-order valence-electron chi connectivity index (χ1n) is 8.10. The number of rotatable bonds is 6. The van der Waals surface area contributed by atoms with Crippen LogP contribution in [0.3, 0.4) is 0 Å². The van der Waals surface area contributed by atoms with Crippen LogP contribution in [0.4, 0.5) is 0 Å². The van der Waals surface area contributed by atoms with Gasteiger partial charge in [0, 0.05) is 7.05 Å². The standard InChI is InChI=1S/C17H20N2O7/c1-5-24-15(21)9-8-10-12(18-11(9)16(22)25-6-2)14(20)13(19(10)4)17(23)26-7-3/h8,20H,5-7H2,1-4H3. The Kier molecular flexibility index (Phi) is 5.81. The third kappa shape index (κ3) is 3.32. The summed E-state index contributed by atoms with van der Waals surface area (Å²) in [6.45, 7) is 5.17. The molecule has 1 N–H and O–H groups in total. The zero-order chi connectivity index (χ0) is 19.4. The Hall–Kier alpha value is -3.10. The lowest BCUT2D eigenvalue weighted by atomic mass is 10.1. The summed E-state index contributed by atoms with van der Waals surface area (Å²) in [6, 6.07) is 1.33. The molecule has 2 heterocycles. The maximum absolute atomic E-state index is 12.2. The normalized spacial score (nSPS) is 10.6. The van der Waals surface area contributed by atoms with E-state index in [-0.39, 0.29) is 47.8 Å². The van der Waals surface area contributed by atoms with Gasteiger partial charge in [0.05, 0.1) is 30.9 Å². The van der Waals surface area contributed by atoms with E-state index >= 15 is 0 Å². The van der Waals surface area contributed by atoms with Crippen LogP contribution >= 0.6 is 0 Å². The van der Waals surface area contributed by atoms with E-state index in [1.54, 1.807) is 20.8 Å². The highest BCUT2D eigenvalue weighted by Gasteiger charge is 2.28. The van der Waals surface area contributed by atoms with Crippen molar-refractivity contribution < 1.29 is 33.7 Å². The van der Waals surface area contributed by atoms with Crippen LogP contribution in [0.5, 0.6) is 5.75 Å². The lowest BCUT2D eigenvalue weighted by molar-refractivity contribution is 0.0474. The largest absolute Gasteiger partial charge is 0.504 e. The van der Waals surface area contributed by atoms with Crippen LogP contribution in [0.25, 0.3) is 11.0 Å². The van der Waals surface area contributed by atoms with Crippen molar-refractivity contribution in [1.29, 1.82) is 0 Å². The van der Waals surface area contributed by atoms with E-state index < -0.39 is 23.7 Å². The minimum atomic E-state index is -0.835. The third-order valence-corrected chi connectivity index (χ3v) is 3.58. The molecule has 0 aliphatic carbocycles. The molecule has 9 heteroatoms. The zero-order valence-electron chi connectivity index (χ0n) is 15.0. The fraction of sp³-hybridized carbons (Fsp3) is 0.412. The Balaban J connectivity index is 2.75. The zero-order valence-corrected chi connectivity index (χ0v) is 15.0. The Bertz CT molecular complexity index is 809. The maximum Gasteiger partial charge on any atom is 0.358 e. The number of carbonyl (C=O) groups is 3. The molecular weight excluding hydrogens is 344 g/mol. The van der Waals surface area contributed by atoms with Gasteiger partial charge in [-0.2, -0.15) is 0 Å². The summed E-state index contributed by atoms with van der Waals surface area (Å²) in [5.41, 5.74) is -0.304. The van der Waals surface area contributed by atoms with Crippen molar-refractivity contribution in [2.24, 2.45) is 7.05 Å². The molecule has 0 aliphatic rings. The minimum absolute atomic E-state index is 0.0216. The van der Waals surface area contributed by atoms with Crippen molar-refractivity contribution >= 4 is 28.9 Å². The highest BCUT2D eigenvalue weighted by molar-refractivity contribution is 6.07. The fourth-order valence-electron chi connectivity index (χ4n) is 2.48. The highest BCUT2D eigenvalue weighted by atomic mass is 16.5. The molecule has 2 rings (SSSR count). The Morgan fingerprint density at radius 1 is 1.00 bits per heavy atom. The molecule has 9 nitrogen and oxygen atoms in total. The molecule has 26 heavy (non-hydrogen) atoms. The summed E-state index contributed by atoms with van der Waals surface area (Å²) >= 11 is 0. The SMILES string of the molecule is CCOC(=O)c1cc2c(nc1C(=O)OCC)c(O)c(C(=O)OCC)n2C. The van der Waals surface area contributed by atoms with Gasteiger partial charge >= 0.3 is 17.9 Å². The van der Waals surface area contributed by atoms with Crippen LogP contribution in [-0.4, -0.2) is 52.4 Å². The molecule has 0 atom stereocenters. The smallest absolute Gasteiger partial charge is 0.358 e. The molecular formula is C17H20N2O7. The van der Waals surface area contributed by atoms with Gasteiger partial charge in [-0.3, -0.25) is 0 Å². The first kappa shape index (κ1) is 19.2. The van der Waals surface area contributed by atoms with E-state index in [1.807, 2.05) is 0 Å². The van der Waals surface area contributed by atoms with Crippen molar-refractivity contribution in [3.8, 4) is 5.75 Å². The average molecular weight is 364 g/mol. The number of aryl methyl sites for hydroxylation is 1. The summed E-state index contributed by atoms with van der Waals surface area (Å²) in [5.74, 6) is -2.79. The lowest BCUT2D eigenvalue weighted by Gasteiger charge is -2.08.